The number of hydrogen-bond donors (Lipinski definition) is 3. The van der Waals surface area contributed by atoms with E-state index in [4.69, 9.17) is 11.6 Å². The zero-order valence-corrected chi connectivity index (χ0v) is 21.3. The lowest BCUT2D eigenvalue weighted by Gasteiger charge is -2.26. The number of anilines is 1. The molecule has 0 atom stereocenters. The third kappa shape index (κ3) is 7.02. The Morgan fingerprint density at radius 3 is 2.49 bits per heavy atom. The van der Waals surface area contributed by atoms with Gasteiger partial charge in [0.1, 0.15) is 17.3 Å². The fourth-order valence-corrected chi connectivity index (χ4v) is 4.58. The van der Waals surface area contributed by atoms with E-state index in [9.17, 15) is 18.8 Å². The van der Waals surface area contributed by atoms with Crippen molar-refractivity contribution in [1.82, 2.24) is 20.2 Å². The smallest absolute Gasteiger partial charge is 0.276 e. The molecule has 1 aliphatic rings. The van der Waals surface area contributed by atoms with Crippen molar-refractivity contribution in [2.24, 2.45) is 0 Å². The number of carbonyl (C=O) groups is 3. The predicted molar refractivity (Wildman–Crippen MR) is 140 cm³/mol. The number of likely N-dealkylation sites (tertiary alicyclic amines) is 1. The van der Waals surface area contributed by atoms with Crippen LogP contribution in [0.4, 0.5) is 10.1 Å². The van der Waals surface area contributed by atoms with E-state index in [1.54, 1.807) is 31.2 Å². The molecule has 2 heterocycles. The standard InChI is InChI=1S/C27H29ClFN5O3/c1-17-31-24(26(36)30-11-14-34-12-3-2-4-13-34)25(32-17)27(37)33-20-8-5-18(6-9-20)15-23(35)21-10-7-19(29)16-22(21)28/h5-10,16H,2-4,11-15H2,1H3,(H,30,36)(H,31,32)(H,33,37). The minimum absolute atomic E-state index is 0.0122. The fraction of sp³-hybridized carbons (Fsp3) is 0.333. The number of carbonyl (C=O) groups excluding carboxylic acids is 3. The molecule has 2 aromatic carbocycles. The zero-order valence-electron chi connectivity index (χ0n) is 20.6. The Bertz CT molecular complexity index is 1290. The second kappa shape index (κ2) is 12.1. The van der Waals surface area contributed by atoms with Crippen LogP contribution in [-0.2, 0) is 6.42 Å². The third-order valence-electron chi connectivity index (χ3n) is 6.23. The van der Waals surface area contributed by atoms with Gasteiger partial charge in [0.25, 0.3) is 11.8 Å². The van der Waals surface area contributed by atoms with Gasteiger partial charge in [0, 0.05) is 30.8 Å². The number of Topliss-reactive ketones (excluding diaryl/α,β-unsaturated/α-hetero) is 1. The van der Waals surface area contributed by atoms with E-state index in [-0.39, 0.29) is 40.1 Å². The molecule has 0 spiro atoms. The highest BCUT2D eigenvalue weighted by atomic mass is 35.5. The van der Waals surface area contributed by atoms with Crippen molar-refractivity contribution in [3.8, 4) is 0 Å². The van der Waals surface area contributed by atoms with E-state index < -0.39 is 11.7 Å². The minimum atomic E-state index is -0.521. The van der Waals surface area contributed by atoms with Crippen LogP contribution in [0, 0.1) is 12.7 Å². The molecule has 3 N–H and O–H groups in total. The summed E-state index contributed by atoms with van der Waals surface area (Å²) >= 11 is 5.98. The Morgan fingerprint density at radius 1 is 1.05 bits per heavy atom. The second-order valence-electron chi connectivity index (χ2n) is 9.08. The SMILES string of the molecule is Cc1nc(C(=O)Nc2ccc(CC(=O)c3ccc(F)cc3Cl)cc2)c(C(=O)NCCN2CCCCC2)[nH]1. The third-order valence-corrected chi connectivity index (χ3v) is 6.55. The molecule has 1 fully saturated rings. The largest absolute Gasteiger partial charge is 0.349 e. The molecule has 37 heavy (non-hydrogen) atoms. The molecule has 8 nitrogen and oxygen atoms in total. The summed E-state index contributed by atoms with van der Waals surface area (Å²) in [6.07, 6.45) is 3.68. The second-order valence-corrected chi connectivity index (χ2v) is 9.49. The predicted octanol–water partition coefficient (Wildman–Crippen LogP) is 4.40. The van der Waals surface area contributed by atoms with E-state index in [1.807, 2.05) is 0 Å². The van der Waals surface area contributed by atoms with E-state index >= 15 is 0 Å². The first-order chi connectivity index (χ1) is 17.8. The lowest BCUT2D eigenvalue weighted by molar-refractivity contribution is 0.0929. The Balaban J connectivity index is 1.34. The highest BCUT2D eigenvalue weighted by Gasteiger charge is 2.22. The number of ketones is 1. The van der Waals surface area contributed by atoms with Gasteiger partial charge in [0.15, 0.2) is 11.5 Å². The van der Waals surface area contributed by atoms with E-state index in [1.165, 1.54) is 31.4 Å². The van der Waals surface area contributed by atoms with Crippen LogP contribution in [0.15, 0.2) is 42.5 Å². The fourth-order valence-electron chi connectivity index (χ4n) is 4.31. The number of H-pyrrole nitrogens is 1. The monoisotopic (exact) mass is 525 g/mol. The molecule has 0 bridgehead atoms. The topological polar surface area (TPSA) is 107 Å². The van der Waals surface area contributed by atoms with Gasteiger partial charge in [-0.05, 0) is 68.8 Å². The van der Waals surface area contributed by atoms with Gasteiger partial charge >= 0.3 is 0 Å². The number of amides is 2. The summed E-state index contributed by atoms with van der Waals surface area (Å²) in [6.45, 7) is 5.02. The molecular weight excluding hydrogens is 497 g/mol. The maximum Gasteiger partial charge on any atom is 0.276 e. The molecule has 0 saturated carbocycles. The number of nitrogens with one attached hydrogen (secondary N) is 3. The van der Waals surface area contributed by atoms with Gasteiger partial charge in [-0.1, -0.05) is 30.2 Å². The van der Waals surface area contributed by atoms with Gasteiger partial charge in [-0.15, -0.1) is 0 Å². The van der Waals surface area contributed by atoms with Gasteiger partial charge in [0.05, 0.1) is 5.02 Å². The maximum absolute atomic E-state index is 13.2. The molecule has 0 radical (unpaired) electrons. The average Bonchev–Trinajstić information content (AvgIpc) is 3.27. The summed E-state index contributed by atoms with van der Waals surface area (Å²) in [5.41, 5.74) is 1.56. The van der Waals surface area contributed by atoms with Gasteiger partial charge in [-0.2, -0.15) is 0 Å². The molecule has 0 unspecified atom stereocenters. The van der Waals surface area contributed by atoms with Gasteiger partial charge < -0.3 is 20.5 Å². The lowest BCUT2D eigenvalue weighted by atomic mass is 10.0. The molecule has 3 aromatic rings. The number of nitrogens with zero attached hydrogens (tertiary/aromatic N) is 2. The number of rotatable bonds is 9. The lowest BCUT2D eigenvalue weighted by Crippen LogP contribution is -2.38. The number of imidazole rings is 1. The van der Waals surface area contributed by atoms with Crippen LogP contribution in [0.2, 0.25) is 5.02 Å². The zero-order chi connectivity index (χ0) is 26.4. The van der Waals surface area contributed by atoms with Crippen LogP contribution in [0.1, 0.15) is 62.0 Å². The first-order valence-electron chi connectivity index (χ1n) is 12.3. The number of aromatic amines is 1. The number of aryl methyl sites for hydroxylation is 1. The van der Waals surface area contributed by atoms with Crippen molar-refractivity contribution in [1.29, 1.82) is 0 Å². The average molecular weight is 526 g/mol. The number of hydrogen-bond acceptors (Lipinski definition) is 5. The number of piperidine rings is 1. The molecule has 1 saturated heterocycles. The van der Waals surface area contributed by atoms with Gasteiger partial charge in [-0.25, -0.2) is 9.37 Å². The number of halogens is 2. The van der Waals surface area contributed by atoms with Crippen LogP contribution < -0.4 is 10.6 Å². The number of benzene rings is 2. The van der Waals surface area contributed by atoms with Crippen LogP contribution in [-0.4, -0.2) is 58.6 Å². The first-order valence-corrected chi connectivity index (χ1v) is 12.6. The van der Waals surface area contributed by atoms with Crippen LogP contribution in [0.3, 0.4) is 0 Å². The Hall–Kier alpha value is -3.56. The summed E-state index contributed by atoms with van der Waals surface area (Å²) in [4.78, 5) is 47.6. The van der Waals surface area contributed by atoms with E-state index in [0.717, 1.165) is 25.7 Å². The molecule has 194 valence electrons. The minimum Gasteiger partial charge on any atom is -0.349 e. The molecule has 4 rings (SSSR count). The summed E-state index contributed by atoms with van der Waals surface area (Å²) < 4.78 is 13.2. The Labute approximate surface area is 219 Å². The van der Waals surface area contributed by atoms with Crippen molar-refractivity contribution in [3.63, 3.8) is 0 Å². The Kier molecular flexibility index (Phi) is 8.68. The van der Waals surface area contributed by atoms with Crippen molar-refractivity contribution in [2.45, 2.75) is 32.6 Å². The molecular formula is C27H29ClFN5O3. The van der Waals surface area contributed by atoms with Crippen LogP contribution in [0.5, 0.6) is 0 Å². The van der Waals surface area contributed by atoms with Crippen molar-refractivity contribution >= 4 is 34.9 Å². The van der Waals surface area contributed by atoms with Crippen LogP contribution in [0.25, 0.3) is 0 Å². The normalized spacial score (nSPS) is 13.8. The summed E-state index contributed by atoms with van der Waals surface area (Å²) in [6, 6.07) is 10.4. The van der Waals surface area contributed by atoms with E-state index in [0.29, 0.717) is 23.6 Å². The summed E-state index contributed by atoms with van der Waals surface area (Å²) in [7, 11) is 0. The van der Waals surface area contributed by atoms with E-state index in [2.05, 4.69) is 25.5 Å². The maximum atomic E-state index is 13.2. The number of aromatic nitrogens is 2. The highest BCUT2D eigenvalue weighted by molar-refractivity contribution is 6.34. The van der Waals surface area contributed by atoms with Gasteiger partial charge in [0.2, 0.25) is 0 Å². The van der Waals surface area contributed by atoms with Crippen molar-refractivity contribution in [2.75, 3.05) is 31.5 Å². The van der Waals surface area contributed by atoms with Crippen molar-refractivity contribution < 1.29 is 18.8 Å². The first kappa shape index (κ1) is 26.5. The highest BCUT2D eigenvalue weighted by Crippen LogP contribution is 2.20. The molecule has 1 aliphatic heterocycles. The quantitative estimate of drug-likeness (QED) is 0.359. The summed E-state index contributed by atoms with van der Waals surface area (Å²) in [5, 5.41) is 5.68. The molecule has 10 heteroatoms. The van der Waals surface area contributed by atoms with Crippen molar-refractivity contribution in [3.05, 3.63) is 81.6 Å². The Morgan fingerprint density at radius 2 is 1.78 bits per heavy atom. The van der Waals surface area contributed by atoms with Gasteiger partial charge in [-0.3, -0.25) is 14.4 Å². The molecule has 2 amide bonds. The molecule has 1 aromatic heterocycles. The molecule has 0 aliphatic carbocycles. The summed E-state index contributed by atoms with van der Waals surface area (Å²) in [5.74, 6) is -1.19. The van der Waals surface area contributed by atoms with Crippen LogP contribution >= 0.6 is 11.6 Å².